The van der Waals surface area contributed by atoms with Crippen LogP contribution in [0.2, 0.25) is 5.02 Å². The van der Waals surface area contributed by atoms with Gasteiger partial charge in [-0.15, -0.1) is 0 Å². The Balaban J connectivity index is 2.75. The lowest BCUT2D eigenvalue weighted by atomic mass is 10.2. The molecule has 0 bridgehead atoms. The maximum absolute atomic E-state index is 11.8. The molecule has 20 heavy (non-hydrogen) atoms. The van der Waals surface area contributed by atoms with Gasteiger partial charge in [-0.05, 0) is 47.0 Å². The molecule has 1 atom stereocenters. The summed E-state index contributed by atoms with van der Waals surface area (Å²) in [7, 11) is 0. The molecule has 110 valence electrons. The van der Waals surface area contributed by atoms with Crippen LogP contribution in [0.3, 0.4) is 0 Å². The lowest BCUT2D eigenvalue weighted by molar-refractivity contribution is -0.139. The van der Waals surface area contributed by atoms with Crippen LogP contribution >= 0.6 is 27.5 Å². The Bertz CT molecular complexity index is 523. The minimum absolute atomic E-state index is 0.374. The highest BCUT2D eigenvalue weighted by Crippen LogP contribution is 2.29. The van der Waals surface area contributed by atoms with E-state index in [4.69, 9.17) is 16.7 Å². The number of aryl methyl sites for hydroxylation is 1. The zero-order valence-electron chi connectivity index (χ0n) is 11.2. The standard InChI is InChI=1S/C13H16BrClN2O3/c1-3-4-10(12(18)19)16-13(20)17-11-6-9(15)7(2)5-8(11)14/h5-6,10H,3-4H2,1-2H3,(H,18,19)(H2,16,17,20)/t10-/m0/s1. The number of hydrogen-bond acceptors (Lipinski definition) is 2. The van der Waals surface area contributed by atoms with E-state index >= 15 is 0 Å². The first-order valence-corrected chi connectivity index (χ1v) is 7.28. The molecule has 0 spiro atoms. The van der Waals surface area contributed by atoms with Crippen LogP contribution in [-0.2, 0) is 4.79 Å². The van der Waals surface area contributed by atoms with Crippen molar-refractivity contribution in [3.63, 3.8) is 0 Å². The van der Waals surface area contributed by atoms with Gasteiger partial charge in [0.05, 0.1) is 5.69 Å². The summed E-state index contributed by atoms with van der Waals surface area (Å²) in [5.74, 6) is -1.05. The van der Waals surface area contributed by atoms with Gasteiger partial charge >= 0.3 is 12.0 Å². The number of carbonyl (C=O) groups is 2. The maximum Gasteiger partial charge on any atom is 0.326 e. The molecule has 1 aromatic carbocycles. The molecule has 0 aliphatic rings. The van der Waals surface area contributed by atoms with E-state index in [0.717, 1.165) is 5.56 Å². The van der Waals surface area contributed by atoms with Crippen molar-refractivity contribution in [1.82, 2.24) is 5.32 Å². The van der Waals surface area contributed by atoms with Gasteiger partial charge in [0.25, 0.3) is 0 Å². The Hall–Kier alpha value is -1.27. The zero-order chi connectivity index (χ0) is 15.3. The van der Waals surface area contributed by atoms with Gasteiger partial charge in [0.15, 0.2) is 0 Å². The fourth-order valence-electron chi connectivity index (χ4n) is 1.60. The molecule has 0 aromatic heterocycles. The second-order valence-corrected chi connectivity index (χ2v) is 5.62. The Labute approximate surface area is 130 Å². The van der Waals surface area contributed by atoms with Crippen LogP contribution in [0, 0.1) is 6.92 Å². The number of amides is 2. The Kier molecular flexibility index (Phi) is 6.29. The minimum Gasteiger partial charge on any atom is -0.480 e. The number of aliphatic carboxylic acids is 1. The molecule has 0 aliphatic carbocycles. The summed E-state index contributed by atoms with van der Waals surface area (Å²) in [5, 5.41) is 14.5. The van der Waals surface area contributed by atoms with E-state index in [1.54, 1.807) is 12.1 Å². The van der Waals surface area contributed by atoms with Crippen molar-refractivity contribution in [3.05, 3.63) is 27.2 Å². The van der Waals surface area contributed by atoms with Crippen molar-refractivity contribution < 1.29 is 14.7 Å². The molecular weight excluding hydrogens is 348 g/mol. The van der Waals surface area contributed by atoms with E-state index in [0.29, 0.717) is 28.0 Å². The van der Waals surface area contributed by atoms with Gasteiger partial charge in [0.2, 0.25) is 0 Å². The van der Waals surface area contributed by atoms with Crippen molar-refractivity contribution >= 4 is 45.2 Å². The lowest BCUT2D eigenvalue weighted by Gasteiger charge is -2.15. The quantitative estimate of drug-likeness (QED) is 0.745. The van der Waals surface area contributed by atoms with E-state index in [9.17, 15) is 9.59 Å². The summed E-state index contributed by atoms with van der Waals surface area (Å²) in [4.78, 5) is 22.8. The normalized spacial score (nSPS) is 11.8. The minimum atomic E-state index is -1.05. The van der Waals surface area contributed by atoms with Crippen LogP contribution < -0.4 is 10.6 Å². The SMILES string of the molecule is CCC[C@H](NC(=O)Nc1cc(Cl)c(C)cc1Br)C(=O)O. The number of anilines is 1. The van der Waals surface area contributed by atoms with Gasteiger partial charge < -0.3 is 15.7 Å². The van der Waals surface area contributed by atoms with E-state index in [1.807, 2.05) is 13.8 Å². The van der Waals surface area contributed by atoms with Gasteiger partial charge in [0.1, 0.15) is 6.04 Å². The molecule has 2 amide bonds. The van der Waals surface area contributed by atoms with Crippen LogP contribution in [0.15, 0.2) is 16.6 Å². The molecule has 0 heterocycles. The highest BCUT2D eigenvalue weighted by Gasteiger charge is 2.19. The van der Waals surface area contributed by atoms with Crippen molar-refractivity contribution in [1.29, 1.82) is 0 Å². The number of nitrogens with one attached hydrogen (secondary N) is 2. The molecule has 0 radical (unpaired) electrons. The number of carbonyl (C=O) groups excluding carboxylic acids is 1. The third-order valence-corrected chi connectivity index (χ3v) is 3.74. The first-order valence-electron chi connectivity index (χ1n) is 6.11. The average molecular weight is 364 g/mol. The number of halogens is 2. The predicted octanol–water partition coefficient (Wildman–Crippen LogP) is 3.79. The second-order valence-electron chi connectivity index (χ2n) is 4.36. The molecule has 0 unspecified atom stereocenters. The van der Waals surface area contributed by atoms with Gasteiger partial charge in [-0.2, -0.15) is 0 Å². The zero-order valence-corrected chi connectivity index (χ0v) is 13.5. The summed E-state index contributed by atoms with van der Waals surface area (Å²) >= 11 is 9.31. The van der Waals surface area contributed by atoms with Crippen molar-refractivity contribution in [2.45, 2.75) is 32.7 Å². The molecular formula is C13H16BrClN2O3. The van der Waals surface area contributed by atoms with Gasteiger partial charge in [-0.3, -0.25) is 0 Å². The molecule has 0 saturated heterocycles. The van der Waals surface area contributed by atoms with E-state index in [2.05, 4.69) is 26.6 Å². The van der Waals surface area contributed by atoms with E-state index in [1.165, 1.54) is 0 Å². The lowest BCUT2D eigenvalue weighted by Crippen LogP contribution is -2.42. The maximum atomic E-state index is 11.8. The number of rotatable bonds is 5. The molecule has 3 N–H and O–H groups in total. The number of carboxylic acid groups (broad SMARTS) is 1. The highest BCUT2D eigenvalue weighted by molar-refractivity contribution is 9.10. The highest BCUT2D eigenvalue weighted by atomic mass is 79.9. The fraction of sp³-hybridized carbons (Fsp3) is 0.385. The number of urea groups is 1. The summed E-state index contributed by atoms with van der Waals surface area (Å²) < 4.78 is 0.678. The predicted molar refractivity (Wildman–Crippen MR) is 82.4 cm³/mol. The number of carboxylic acids is 1. The van der Waals surface area contributed by atoms with E-state index < -0.39 is 18.0 Å². The Morgan fingerprint density at radius 3 is 2.65 bits per heavy atom. The van der Waals surface area contributed by atoms with Gasteiger partial charge in [-0.25, -0.2) is 9.59 Å². The third-order valence-electron chi connectivity index (χ3n) is 2.68. The van der Waals surface area contributed by atoms with Gasteiger partial charge in [0, 0.05) is 9.50 Å². The number of benzene rings is 1. The van der Waals surface area contributed by atoms with Crippen molar-refractivity contribution in [2.75, 3.05) is 5.32 Å². The van der Waals surface area contributed by atoms with Crippen LogP contribution in [0.1, 0.15) is 25.3 Å². The van der Waals surface area contributed by atoms with Crippen LogP contribution in [0.5, 0.6) is 0 Å². The first kappa shape index (κ1) is 16.8. The smallest absolute Gasteiger partial charge is 0.326 e. The molecule has 0 saturated carbocycles. The fourth-order valence-corrected chi connectivity index (χ4v) is 2.33. The topological polar surface area (TPSA) is 78.4 Å². The summed E-state index contributed by atoms with van der Waals surface area (Å²) in [6, 6.07) is 1.90. The third kappa shape index (κ3) is 4.68. The summed E-state index contributed by atoms with van der Waals surface area (Å²) in [6.45, 7) is 3.70. The van der Waals surface area contributed by atoms with Crippen LogP contribution in [-0.4, -0.2) is 23.1 Å². The van der Waals surface area contributed by atoms with E-state index in [-0.39, 0.29) is 0 Å². The van der Waals surface area contributed by atoms with Crippen molar-refractivity contribution in [2.24, 2.45) is 0 Å². The Morgan fingerprint density at radius 1 is 1.45 bits per heavy atom. The molecule has 7 heteroatoms. The Morgan fingerprint density at radius 2 is 2.10 bits per heavy atom. The molecule has 1 rings (SSSR count). The molecule has 1 aromatic rings. The van der Waals surface area contributed by atoms with Crippen LogP contribution in [0.4, 0.5) is 10.5 Å². The monoisotopic (exact) mass is 362 g/mol. The van der Waals surface area contributed by atoms with Crippen LogP contribution in [0.25, 0.3) is 0 Å². The first-order chi connectivity index (χ1) is 9.35. The summed E-state index contributed by atoms with van der Waals surface area (Å²) in [5.41, 5.74) is 1.36. The largest absolute Gasteiger partial charge is 0.480 e. The summed E-state index contributed by atoms with van der Waals surface area (Å²) in [6.07, 6.45) is 1.04. The van der Waals surface area contributed by atoms with Crippen molar-refractivity contribution in [3.8, 4) is 0 Å². The molecule has 0 fully saturated rings. The number of hydrogen-bond donors (Lipinski definition) is 3. The molecule has 0 aliphatic heterocycles. The van der Waals surface area contributed by atoms with Gasteiger partial charge in [-0.1, -0.05) is 24.9 Å². The second kappa shape index (κ2) is 7.50. The molecule has 5 nitrogen and oxygen atoms in total. The average Bonchev–Trinajstić information content (AvgIpc) is 2.35.